The molecule has 29 heavy (non-hydrogen) atoms. The third-order valence-corrected chi connectivity index (χ3v) is 6.02. The van der Waals surface area contributed by atoms with Crippen molar-refractivity contribution >= 4 is 5.96 Å². The Morgan fingerprint density at radius 2 is 1.93 bits per heavy atom. The van der Waals surface area contributed by atoms with Crippen LogP contribution in [0.25, 0.3) is 0 Å². The van der Waals surface area contributed by atoms with Crippen LogP contribution in [0.2, 0.25) is 0 Å². The molecule has 0 aromatic heterocycles. The van der Waals surface area contributed by atoms with Crippen molar-refractivity contribution < 1.29 is 27.0 Å². The number of ether oxygens (including phenoxy) is 2. The van der Waals surface area contributed by atoms with Crippen LogP contribution in [0.5, 0.6) is 5.75 Å². The van der Waals surface area contributed by atoms with Gasteiger partial charge in [-0.25, -0.2) is 4.99 Å². The number of benzene rings is 1. The second-order valence-corrected chi connectivity index (χ2v) is 8.08. The van der Waals surface area contributed by atoms with Crippen LogP contribution in [0.1, 0.15) is 42.9 Å². The van der Waals surface area contributed by atoms with Crippen LogP contribution in [0.4, 0.5) is 17.6 Å². The number of hydrogen-bond donors (Lipinski definition) is 1. The number of fused-ring (bicyclic) bond motifs is 1. The van der Waals surface area contributed by atoms with E-state index in [4.69, 9.17) is 15.5 Å². The molecule has 0 saturated heterocycles. The van der Waals surface area contributed by atoms with E-state index in [0.717, 1.165) is 37.7 Å². The fourth-order valence-corrected chi connectivity index (χ4v) is 4.37. The molecule has 3 rings (SSSR count). The monoisotopic (exact) mass is 417 g/mol. The topological polar surface area (TPSA) is 60.1 Å². The van der Waals surface area contributed by atoms with Crippen molar-refractivity contribution in [3.05, 3.63) is 29.3 Å². The van der Waals surface area contributed by atoms with Crippen LogP contribution >= 0.6 is 0 Å². The molecular formula is C20H27F4N3O2. The predicted octanol–water partition coefficient (Wildman–Crippen LogP) is 3.97. The SMILES string of the molecule is COC1CCC2(CC1)Cc1ccc(OC(F)(F)C(F)F)cc1[C@H]2N=C(N)N(C)C. The largest absolute Gasteiger partial charge is 0.461 e. The molecule has 1 atom stereocenters. The summed E-state index contributed by atoms with van der Waals surface area (Å²) in [7, 11) is 5.23. The molecule has 0 aliphatic heterocycles. The number of nitrogens with two attached hydrogens (primary N) is 1. The highest BCUT2D eigenvalue weighted by Gasteiger charge is 2.49. The molecule has 0 radical (unpaired) electrons. The lowest BCUT2D eigenvalue weighted by atomic mass is 9.68. The zero-order valence-electron chi connectivity index (χ0n) is 16.8. The molecule has 2 aliphatic rings. The quantitative estimate of drug-likeness (QED) is 0.447. The Kier molecular flexibility index (Phi) is 5.98. The zero-order chi connectivity index (χ0) is 21.4. The average Bonchev–Trinajstić information content (AvgIpc) is 2.94. The van der Waals surface area contributed by atoms with Crippen molar-refractivity contribution in [1.29, 1.82) is 0 Å². The highest BCUT2D eigenvalue weighted by Crippen LogP contribution is 2.56. The number of aliphatic imine (C=N–C) groups is 1. The second kappa shape index (κ2) is 8.01. The Hall–Kier alpha value is -2.03. The number of nitrogens with zero attached hydrogens (tertiary/aromatic N) is 2. The van der Waals surface area contributed by atoms with Crippen LogP contribution < -0.4 is 10.5 Å². The van der Waals surface area contributed by atoms with Crippen molar-refractivity contribution in [1.82, 2.24) is 4.90 Å². The van der Waals surface area contributed by atoms with E-state index in [9.17, 15) is 17.6 Å². The Morgan fingerprint density at radius 1 is 1.28 bits per heavy atom. The molecule has 2 aliphatic carbocycles. The third-order valence-electron chi connectivity index (χ3n) is 6.02. The van der Waals surface area contributed by atoms with Gasteiger partial charge in [-0.05, 0) is 55.4 Å². The first-order valence-corrected chi connectivity index (χ1v) is 9.59. The van der Waals surface area contributed by atoms with E-state index < -0.39 is 12.5 Å². The molecule has 0 bridgehead atoms. The summed E-state index contributed by atoms with van der Waals surface area (Å²) in [5, 5.41) is 0. The first-order valence-electron chi connectivity index (χ1n) is 9.59. The summed E-state index contributed by atoms with van der Waals surface area (Å²) >= 11 is 0. The van der Waals surface area contributed by atoms with E-state index in [-0.39, 0.29) is 23.3 Å². The van der Waals surface area contributed by atoms with Crippen molar-refractivity contribution in [2.45, 2.75) is 56.8 Å². The molecule has 1 fully saturated rings. The van der Waals surface area contributed by atoms with E-state index in [1.165, 1.54) is 12.1 Å². The van der Waals surface area contributed by atoms with Crippen molar-refractivity contribution in [3.63, 3.8) is 0 Å². The third kappa shape index (κ3) is 4.29. The van der Waals surface area contributed by atoms with Crippen molar-refractivity contribution in [2.24, 2.45) is 16.1 Å². The summed E-state index contributed by atoms with van der Waals surface area (Å²) in [4.78, 5) is 6.38. The summed E-state index contributed by atoms with van der Waals surface area (Å²) in [5.74, 6) is 0.0145. The number of guanidine groups is 1. The fourth-order valence-electron chi connectivity index (χ4n) is 4.37. The van der Waals surface area contributed by atoms with Gasteiger partial charge < -0.3 is 20.1 Å². The van der Waals surface area contributed by atoms with Gasteiger partial charge in [0.25, 0.3) is 0 Å². The number of rotatable bonds is 5. The minimum absolute atomic E-state index is 0.184. The molecule has 0 heterocycles. The number of methoxy groups -OCH3 is 1. The van der Waals surface area contributed by atoms with Gasteiger partial charge in [0.05, 0.1) is 12.1 Å². The first-order chi connectivity index (χ1) is 13.6. The van der Waals surface area contributed by atoms with Crippen LogP contribution in [-0.4, -0.2) is 50.7 Å². The van der Waals surface area contributed by atoms with Crippen molar-refractivity contribution in [2.75, 3.05) is 21.2 Å². The molecule has 0 unspecified atom stereocenters. The van der Waals surface area contributed by atoms with Gasteiger partial charge in [0.1, 0.15) is 5.75 Å². The highest BCUT2D eigenvalue weighted by atomic mass is 19.3. The van der Waals surface area contributed by atoms with Crippen LogP contribution in [0.15, 0.2) is 23.2 Å². The van der Waals surface area contributed by atoms with E-state index in [1.54, 1.807) is 32.2 Å². The Labute approximate surface area is 167 Å². The van der Waals surface area contributed by atoms with E-state index in [0.29, 0.717) is 11.5 Å². The van der Waals surface area contributed by atoms with Gasteiger partial charge in [0, 0.05) is 26.6 Å². The maximum atomic E-state index is 13.4. The summed E-state index contributed by atoms with van der Waals surface area (Å²) in [5.41, 5.74) is 7.53. The lowest BCUT2D eigenvalue weighted by Crippen LogP contribution is -2.36. The fraction of sp³-hybridized carbons (Fsp3) is 0.650. The molecule has 5 nitrogen and oxygen atoms in total. The normalized spacial score (nSPS) is 27.4. The Morgan fingerprint density at radius 3 is 2.48 bits per heavy atom. The van der Waals surface area contributed by atoms with Gasteiger partial charge in [0.15, 0.2) is 5.96 Å². The summed E-state index contributed by atoms with van der Waals surface area (Å²) in [6, 6.07) is 4.02. The second-order valence-electron chi connectivity index (χ2n) is 8.08. The van der Waals surface area contributed by atoms with Crippen LogP contribution in [-0.2, 0) is 11.2 Å². The maximum absolute atomic E-state index is 13.4. The van der Waals surface area contributed by atoms with Gasteiger partial charge in [-0.15, -0.1) is 0 Å². The molecule has 1 spiro atoms. The number of alkyl halides is 4. The first kappa shape index (κ1) is 21.7. The molecule has 162 valence electrons. The predicted molar refractivity (Wildman–Crippen MR) is 101 cm³/mol. The molecule has 2 N–H and O–H groups in total. The summed E-state index contributed by atoms with van der Waals surface area (Å²) in [6.07, 6.45) is -4.14. The standard InChI is InChI=1S/C20H27F4N3O2/c1-27(2)18(25)26-16-15-10-14(29-20(23,24)17(21)22)5-4-12(15)11-19(16)8-6-13(28-3)7-9-19/h4-5,10,13,16-17H,6-9,11H2,1-3H3,(H2,25,26)/t13?,16-,19?/m1/s1. The zero-order valence-corrected chi connectivity index (χ0v) is 16.8. The Balaban J connectivity index is 1.97. The average molecular weight is 417 g/mol. The van der Waals surface area contributed by atoms with Gasteiger partial charge in [-0.1, -0.05) is 6.07 Å². The summed E-state index contributed by atoms with van der Waals surface area (Å²) in [6.45, 7) is 0. The molecular weight excluding hydrogens is 390 g/mol. The van der Waals surface area contributed by atoms with Crippen LogP contribution in [0.3, 0.4) is 0 Å². The van der Waals surface area contributed by atoms with Gasteiger partial charge in [-0.3, -0.25) is 0 Å². The van der Waals surface area contributed by atoms with Gasteiger partial charge in [0.2, 0.25) is 0 Å². The van der Waals surface area contributed by atoms with Gasteiger partial charge in [-0.2, -0.15) is 17.6 Å². The molecule has 1 saturated carbocycles. The molecule has 9 heteroatoms. The minimum Gasteiger partial charge on any atom is -0.428 e. The van der Waals surface area contributed by atoms with E-state index in [1.807, 2.05) is 0 Å². The lowest BCUT2D eigenvalue weighted by molar-refractivity contribution is -0.253. The van der Waals surface area contributed by atoms with Crippen LogP contribution in [0, 0.1) is 5.41 Å². The van der Waals surface area contributed by atoms with E-state index >= 15 is 0 Å². The number of hydrogen-bond acceptors (Lipinski definition) is 3. The number of halogens is 4. The molecule has 1 aromatic rings. The van der Waals surface area contributed by atoms with Crippen molar-refractivity contribution in [3.8, 4) is 5.75 Å². The Bertz CT molecular complexity index is 762. The molecule has 1 aromatic carbocycles. The van der Waals surface area contributed by atoms with E-state index in [2.05, 4.69) is 4.74 Å². The smallest absolute Gasteiger partial charge is 0.428 e. The maximum Gasteiger partial charge on any atom is 0.461 e. The molecule has 0 amide bonds. The highest BCUT2D eigenvalue weighted by molar-refractivity contribution is 5.78. The summed E-state index contributed by atoms with van der Waals surface area (Å²) < 4.78 is 61.6. The lowest BCUT2D eigenvalue weighted by Gasteiger charge is -2.40. The minimum atomic E-state index is -4.55. The van der Waals surface area contributed by atoms with Gasteiger partial charge >= 0.3 is 12.5 Å².